The number of rotatable bonds is 1. The van der Waals surface area contributed by atoms with Gasteiger partial charge in [0.25, 0.3) is 0 Å². The first kappa shape index (κ1) is 12.3. The average Bonchev–Trinajstić information content (AvgIpc) is 2.26. The molecule has 0 spiro atoms. The Labute approximate surface area is 95.9 Å². The summed E-state index contributed by atoms with van der Waals surface area (Å²) in [6, 6.07) is 0.673. The molecule has 0 atom stereocenters. The highest BCUT2D eigenvalue weighted by molar-refractivity contribution is 8.13. The molecular formula is C10H18N4S. The summed E-state index contributed by atoms with van der Waals surface area (Å²) < 4.78 is 0. The molecule has 0 amide bonds. The van der Waals surface area contributed by atoms with Gasteiger partial charge in [0.05, 0.1) is 0 Å². The molecule has 84 valence electrons. The van der Waals surface area contributed by atoms with Crippen LogP contribution in [0.5, 0.6) is 0 Å². The summed E-state index contributed by atoms with van der Waals surface area (Å²) in [6.45, 7) is 2.01. The quantitative estimate of drug-likeness (QED) is 0.383. The van der Waals surface area contributed by atoms with E-state index in [0.717, 1.165) is 31.1 Å². The van der Waals surface area contributed by atoms with Crippen molar-refractivity contribution in [2.45, 2.75) is 18.9 Å². The predicted molar refractivity (Wildman–Crippen MR) is 64.8 cm³/mol. The summed E-state index contributed by atoms with van der Waals surface area (Å²) in [7, 11) is 4.25. The van der Waals surface area contributed by atoms with E-state index in [0.29, 0.717) is 6.04 Å². The van der Waals surface area contributed by atoms with Gasteiger partial charge >= 0.3 is 0 Å². The van der Waals surface area contributed by atoms with E-state index in [1.807, 2.05) is 12.4 Å². The van der Waals surface area contributed by atoms with Crippen molar-refractivity contribution in [1.82, 2.24) is 9.80 Å². The van der Waals surface area contributed by atoms with Crippen molar-refractivity contribution in [1.29, 1.82) is 5.26 Å². The molecule has 0 aromatic heterocycles. The lowest BCUT2D eigenvalue weighted by molar-refractivity contribution is 0.193. The standard InChI is InChI=1S/C10H18N4S/c1-13(2)9-4-6-14(7-5-9)10(15-3)12-8-11/h9H,4-7H2,1-3H3. The molecule has 1 heterocycles. The number of hydrogen-bond acceptors (Lipinski definition) is 4. The zero-order chi connectivity index (χ0) is 11.3. The third-order valence-electron chi connectivity index (χ3n) is 2.79. The van der Waals surface area contributed by atoms with Crippen molar-refractivity contribution in [2.75, 3.05) is 33.4 Å². The molecule has 0 aromatic carbocycles. The van der Waals surface area contributed by atoms with Crippen molar-refractivity contribution < 1.29 is 0 Å². The van der Waals surface area contributed by atoms with Gasteiger partial charge in [-0.15, -0.1) is 4.99 Å². The van der Waals surface area contributed by atoms with Crippen LogP contribution in [0.2, 0.25) is 0 Å². The Morgan fingerprint density at radius 3 is 2.47 bits per heavy atom. The molecule has 0 radical (unpaired) electrons. The van der Waals surface area contributed by atoms with Gasteiger partial charge in [0, 0.05) is 19.1 Å². The Bertz CT molecular complexity index is 261. The summed E-state index contributed by atoms with van der Waals surface area (Å²) in [5, 5.41) is 9.41. The second-order valence-corrected chi connectivity index (χ2v) is 4.65. The van der Waals surface area contributed by atoms with Crippen LogP contribution in [-0.4, -0.2) is 54.4 Å². The van der Waals surface area contributed by atoms with Crippen LogP contribution in [0.15, 0.2) is 4.99 Å². The first-order valence-electron chi connectivity index (χ1n) is 5.11. The van der Waals surface area contributed by atoms with Crippen LogP contribution in [0, 0.1) is 11.5 Å². The lowest BCUT2D eigenvalue weighted by atomic mass is 10.1. The minimum atomic E-state index is 0.673. The van der Waals surface area contributed by atoms with Crippen LogP contribution < -0.4 is 0 Å². The highest BCUT2D eigenvalue weighted by atomic mass is 32.2. The molecule has 0 aliphatic carbocycles. The van der Waals surface area contributed by atoms with Crippen LogP contribution in [0.4, 0.5) is 0 Å². The maximum atomic E-state index is 8.55. The monoisotopic (exact) mass is 226 g/mol. The van der Waals surface area contributed by atoms with E-state index in [1.54, 1.807) is 11.8 Å². The molecule has 0 aromatic rings. The molecule has 4 nitrogen and oxygen atoms in total. The fraction of sp³-hybridized carbons (Fsp3) is 0.800. The number of thioether (sulfide) groups is 1. The number of nitriles is 1. The van der Waals surface area contributed by atoms with Crippen LogP contribution in [0.3, 0.4) is 0 Å². The molecule has 1 fully saturated rings. The lowest BCUT2D eigenvalue weighted by Crippen LogP contribution is -2.43. The van der Waals surface area contributed by atoms with E-state index in [-0.39, 0.29) is 0 Å². The van der Waals surface area contributed by atoms with Gasteiger partial charge in [-0.1, -0.05) is 11.8 Å². The molecule has 0 unspecified atom stereocenters. The predicted octanol–water partition coefficient (Wildman–Crippen LogP) is 1.21. The van der Waals surface area contributed by atoms with E-state index in [9.17, 15) is 0 Å². The summed E-state index contributed by atoms with van der Waals surface area (Å²) in [5.41, 5.74) is 0. The minimum absolute atomic E-state index is 0.673. The SMILES string of the molecule is CSC(=NC#N)N1CCC(N(C)C)CC1. The van der Waals surface area contributed by atoms with Crippen molar-refractivity contribution >= 4 is 16.9 Å². The summed E-state index contributed by atoms with van der Waals surface area (Å²) in [4.78, 5) is 8.31. The fourth-order valence-corrected chi connectivity index (χ4v) is 2.43. The van der Waals surface area contributed by atoms with Crippen molar-refractivity contribution in [3.8, 4) is 6.19 Å². The third kappa shape index (κ3) is 3.40. The molecule has 5 heteroatoms. The molecule has 0 bridgehead atoms. The molecule has 1 rings (SSSR count). The van der Waals surface area contributed by atoms with Gasteiger partial charge in [0.15, 0.2) is 5.17 Å². The minimum Gasteiger partial charge on any atom is -0.350 e. The molecule has 15 heavy (non-hydrogen) atoms. The normalized spacial score (nSPS) is 19.4. The van der Waals surface area contributed by atoms with E-state index < -0.39 is 0 Å². The van der Waals surface area contributed by atoms with Crippen molar-refractivity contribution in [2.24, 2.45) is 4.99 Å². The summed E-state index contributed by atoms with van der Waals surface area (Å²) >= 11 is 1.55. The first-order chi connectivity index (χ1) is 7.19. The van der Waals surface area contributed by atoms with E-state index in [1.165, 1.54) is 0 Å². The number of amidine groups is 1. The van der Waals surface area contributed by atoms with Crippen LogP contribution in [0.1, 0.15) is 12.8 Å². The third-order valence-corrected chi connectivity index (χ3v) is 3.51. The average molecular weight is 226 g/mol. The highest BCUT2D eigenvalue weighted by Gasteiger charge is 2.22. The number of aliphatic imine (C=N–C) groups is 1. The zero-order valence-electron chi connectivity index (χ0n) is 9.60. The maximum Gasteiger partial charge on any atom is 0.208 e. The molecule has 1 aliphatic rings. The van der Waals surface area contributed by atoms with Gasteiger partial charge < -0.3 is 9.80 Å². The fourth-order valence-electron chi connectivity index (χ4n) is 1.86. The Morgan fingerprint density at radius 2 is 2.07 bits per heavy atom. The Balaban J connectivity index is 2.50. The van der Waals surface area contributed by atoms with Crippen LogP contribution in [-0.2, 0) is 0 Å². The molecular weight excluding hydrogens is 208 g/mol. The smallest absolute Gasteiger partial charge is 0.208 e. The lowest BCUT2D eigenvalue weighted by Gasteiger charge is -2.35. The summed E-state index contributed by atoms with van der Waals surface area (Å²) in [5.74, 6) is 0. The Hall–Kier alpha value is -0.730. The first-order valence-corrected chi connectivity index (χ1v) is 6.33. The number of likely N-dealkylation sites (tertiary alicyclic amines) is 1. The molecule has 1 aliphatic heterocycles. The van der Waals surface area contributed by atoms with Gasteiger partial charge in [-0.2, -0.15) is 5.26 Å². The number of hydrogen-bond donors (Lipinski definition) is 0. The summed E-state index contributed by atoms with van der Waals surface area (Å²) in [6.07, 6.45) is 6.13. The van der Waals surface area contributed by atoms with E-state index in [2.05, 4.69) is 28.9 Å². The van der Waals surface area contributed by atoms with Crippen molar-refractivity contribution in [3.63, 3.8) is 0 Å². The van der Waals surface area contributed by atoms with E-state index >= 15 is 0 Å². The number of nitrogens with zero attached hydrogens (tertiary/aromatic N) is 4. The topological polar surface area (TPSA) is 42.6 Å². The van der Waals surface area contributed by atoms with Gasteiger partial charge in [-0.05, 0) is 33.2 Å². The number of piperidine rings is 1. The van der Waals surface area contributed by atoms with Crippen LogP contribution >= 0.6 is 11.8 Å². The van der Waals surface area contributed by atoms with Gasteiger partial charge in [0.1, 0.15) is 0 Å². The highest BCUT2D eigenvalue weighted by Crippen LogP contribution is 2.17. The van der Waals surface area contributed by atoms with E-state index in [4.69, 9.17) is 5.26 Å². The Morgan fingerprint density at radius 1 is 1.47 bits per heavy atom. The Kier molecular flexibility index (Phi) is 4.92. The van der Waals surface area contributed by atoms with Gasteiger partial charge in [-0.3, -0.25) is 0 Å². The van der Waals surface area contributed by atoms with Crippen LogP contribution in [0.25, 0.3) is 0 Å². The largest absolute Gasteiger partial charge is 0.350 e. The molecule has 0 saturated carbocycles. The maximum absolute atomic E-state index is 8.55. The van der Waals surface area contributed by atoms with Crippen molar-refractivity contribution in [3.05, 3.63) is 0 Å². The zero-order valence-corrected chi connectivity index (χ0v) is 10.4. The second-order valence-electron chi connectivity index (χ2n) is 3.88. The molecule has 0 N–H and O–H groups in total. The van der Waals surface area contributed by atoms with Gasteiger partial charge in [0.2, 0.25) is 6.19 Å². The molecule has 1 saturated heterocycles. The van der Waals surface area contributed by atoms with Gasteiger partial charge in [-0.25, -0.2) is 0 Å². The second kappa shape index (κ2) is 5.99.